The van der Waals surface area contributed by atoms with E-state index in [-0.39, 0.29) is 0 Å². The van der Waals surface area contributed by atoms with Crippen LogP contribution in [0.25, 0.3) is 0 Å². The second-order valence-corrected chi connectivity index (χ2v) is 4.09. The average molecular weight is 229 g/mol. The lowest BCUT2D eigenvalue weighted by Crippen LogP contribution is -1.96. The first-order valence-electron chi connectivity index (χ1n) is 4.14. The molecule has 3 nitrogen and oxygen atoms in total. The fourth-order valence-corrected chi connectivity index (χ4v) is 1.91. The summed E-state index contributed by atoms with van der Waals surface area (Å²) in [4.78, 5) is 4.06. The molecule has 1 N–H and O–H groups in total. The summed E-state index contributed by atoms with van der Waals surface area (Å²) in [6.45, 7) is 2.56. The molecule has 2 heterocycles. The van der Waals surface area contributed by atoms with E-state index in [2.05, 4.69) is 10.3 Å². The number of furan rings is 1. The third-order valence-electron chi connectivity index (χ3n) is 1.69. The van der Waals surface area contributed by atoms with Gasteiger partial charge in [0, 0.05) is 5.38 Å². The van der Waals surface area contributed by atoms with E-state index in [4.69, 9.17) is 16.0 Å². The van der Waals surface area contributed by atoms with Gasteiger partial charge >= 0.3 is 0 Å². The van der Waals surface area contributed by atoms with Crippen LogP contribution in [0.1, 0.15) is 11.5 Å². The maximum atomic E-state index is 5.68. The lowest BCUT2D eigenvalue weighted by Gasteiger charge is -1.97. The molecule has 5 heteroatoms. The maximum Gasteiger partial charge on any atom is 0.184 e. The summed E-state index contributed by atoms with van der Waals surface area (Å²) < 4.78 is 5.39. The molecule has 0 spiro atoms. The first-order valence-corrected chi connectivity index (χ1v) is 5.40. The highest BCUT2D eigenvalue weighted by atomic mass is 35.5. The zero-order valence-corrected chi connectivity index (χ0v) is 9.15. The number of hydrogen-bond acceptors (Lipinski definition) is 4. The Morgan fingerprint density at radius 2 is 2.43 bits per heavy atom. The van der Waals surface area contributed by atoms with E-state index >= 15 is 0 Å². The number of nitrogens with one attached hydrogen (secondary N) is 1. The Labute approximate surface area is 90.7 Å². The van der Waals surface area contributed by atoms with Gasteiger partial charge < -0.3 is 9.73 Å². The Kier molecular flexibility index (Phi) is 2.74. The van der Waals surface area contributed by atoms with Crippen molar-refractivity contribution in [3.8, 4) is 0 Å². The maximum absolute atomic E-state index is 5.68. The summed E-state index contributed by atoms with van der Waals surface area (Å²) in [6.07, 6.45) is 0. The van der Waals surface area contributed by atoms with E-state index in [9.17, 15) is 0 Å². The molecule has 0 fully saturated rings. The zero-order valence-electron chi connectivity index (χ0n) is 7.58. The normalized spacial score (nSPS) is 10.4. The van der Waals surface area contributed by atoms with Crippen molar-refractivity contribution in [2.45, 2.75) is 13.5 Å². The number of halogens is 1. The highest BCUT2D eigenvalue weighted by Crippen LogP contribution is 2.19. The molecule has 2 aromatic heterocycles. The molecule has 0 saturated carbocycles. The molecule has 2 rings (SSSR count). The van der Waals surface area contributed by atoms with E-state index in [1.807, 2.05) is 19.1 Å². The smallest absolute Gasteiger partial charge is 0.184 e. The van der Waals surface area contributed by atoms with Crippen LogP contribution in [0.5, 0.6) is 0 Å². The standard InChI is InChI=1S/C9H9ClN2OS/c1-6-2-3-7(13-6)4-11-9-12-8(10)5-14-9/h2-3,5H,4H2,1H3,(H,11,12). The minimum absolute atomic E-state index is 0.521. The fourth-order valence-electron chi connectivity index (χ4n) is 1.08. The zero-order chi connectivity index (χ0) is 9.97. The third-order valence-corrected chi connectivity index (χ3v) is 2.81. The summed E-state index contributed by atoms with van der Waals surface area (Å²) in [5.41, 5.74) is 0. The number of nitrogens with zero attached hydrogens (tertiary/aromatic N) is 1. The lowest BCUT2D eigenvalue weighted by atomic mass is 10.4. The van der Waals surface area contributed by atoms with Gasteiger partial charge in [-0.15, -0.1) is 11.3 Å². The summed E-state index contributed by atoms with van der Waals surface area (Å²) in [5.74, 6) is 1.81. The van der Waals surface area contributed by atoms with Crippen molar-refractivity contribution in [1.29, 1.82) is 0 Å². The molecule has 74 valence electrons. The van der Waals surface area contributed by atoms with Crippen molar-refractivity contribution in [2.24, 2.45) is 0 Å². The predicted molar refractivity (Wildman–Crippen MR) is 57.9 cm³/mol. The summed E-state index contributed by atoms with van der Waals surface area (Å²) in [6, 6.07) is 3.88. The third kappa shape index (κ3) is 2.27. The van der Waals surface area contributed by atoms with Gasteiger partial charge in [-0.25, -0.2) is 4.98 Å². The number of rotatable bonds is 3. The number of aryl methyl sites for hydroxylation is 1. The average Bonchev–Trinajstić information content (AvgIpc) is 2.72. The van der Waals surface area contributed by atoms with Gasteiger partial charge in [0.1, 0.15) is 16.7 Å². The van der Waals surface area contributed by atoms with Crippen molar-refractivity contribution in [3.63, 3.8) is 0 Å². The van der Waals surface area contributed by atoms with Gasteiger partial charge in [-0.05, 0) is 19.1 Å². The van der Waals surface area contributed by atoms with Crippen LogP contribution in [-0.2, 0) is 6.54 Å². The van der Waals surface area contributed by atoms with Crippen molar-refractivity contribution < 1.29 is 4.42 Å². The Hall–Kier alpha value is -1.00. The molecule has 0 atom stereocenters. The highest BCUT2D eigenvalue weighted by Gasteiger charge is 2.01. The van der Waals surface area contributed by atoms with Gasteiger partial charge in [0.25, 0.3) is 0 Å². The van der Waals surface area contributed by atoms with E-state index in [1.165, 1.54) is 11.3 Å². The molecule has 0 amide bonds. The van der Waals surface area contributed by atoms with Gasteiger partial charge in [-0.2, -0.15) is 0 Å². The Bertz CT molecular complexity index is 384. The van der Waals surface area contributed by atoms with Crippen molar-refractivity contribution >= 4 is 28.1 Å². The number of aromatic nitrogens is 1. The van der Waals surface area contributed by atoms with Gasteiger partial charge in [-0.1, -0.05) is 11.6 Å². The second kappa shape index (κ2) is 4.02. The summed E-state index contributed by atoms with van der Waals surface area (Å²) in [7, 11) is 0. The molecule has 14 heavy (non-hydrogen) atoms. The van der Waals surface area contributed by atoms with E-state index < -0.39 is 0 Å². The highest BCUT2D eigenvalue weighted by molar-refractivity contribution is 7.14. The van der Waals surface area contributed by atoms with E-state index in [0.29, 0.717) is 11.7 Å². The molecule has 0 unspecified atom stereocenters. The SMILES string of the molecule is Cc1ccc(CNc2nc(Cl)cs2)o1. The van der Waals surface area contributed by atoms with Crippen LogP contribution in [0.3, 0.4) is 0 Å². The number of hydrogen-bond donors (Lipinski definition) is 1. The van der Waals surface area contributed by atoms with Crippen LogP contribution in [-0.4, -0.2) is 4.98 Å². The lowest BCUT2D eigenvalue weighted by molar-refractivity contribution is 0.490. The monoisotopic (exact) mass is 228 g/mol. The molecule has 2 aromatic rings. The van der Waals surface area contributed by atoms with Crippen LogP contribution >= 0.6 is 22.9 Å². The molecular formula is C9H9ClN2OS. The quantitative estimate of drug-likeness (QED) is 0.876. The van der Waals surface area contributed by atoms with Gasteiger partial charge in [0.15, 0.2) is 5.13 Å². The van der Waals surface area contributed by atoms with Crippen molar-refractivity contribution in [2.75, 3.05) is 5.32 Å². The van der Waals surface area contributed by atoms with Crippen LogP contribution in [0.4, 0.5) is 5.13 Å². The van der Waals surface area contributed by atoms with Crippen LogP contribution in [0.15, 0.2) is 21.9 Å². The molecule has 0 aliphatic heterocycles. The van der Waals surface area contributed by atoms with Crippen LogP contribution in [0, 0.1) is 6.92 Å². The van der Waals surface area contributed by atoms with Crippen LogP contribution < -0.4 is 5.32 Å². The van der Waals surface area contributed by atoms with E-state index in [1.54, 1.807) is 5.38 Å². The fraction of sp³-hybridized carbons (Fsp3) is 0.222. The first-order chi connectivity index (χ1) is 6.74. The summed E-state index contributed by atoms with van der Waals surface area (Å²) >= 11 is 7.16. The minimum Gasteiger partial charge on any atom is -0.465 e. The Morgan fingerprint density at radius 1 is 1.57 bits per heavy atom. The minimum atomic E-state index is 0.521. The molecule has 0 aromatic carbocycles. The molecule has 0 aliphatic rings. The second-order valence-electron chi connectivity index (χ2n) is 2.84. The Morgan fingerprint density at radius 3 is 3.00 bits per heavy atom. The molecule has 0 bridgehead atoms. The molecule has 0 saturated heterocycles. The molecule has 0 radical (unpaired) electrons. The van der Waals surface area contributed by atoms with Gasteiger partial charge in [0.2, 0.25) is 0 Å². The Balaban J connectivity index is 1.94. The first kappa shape index (κ1) is 9.55. The van der Waals surface area contributed by atoms with Gasteiger partial charge in [0.05, 0.1) is 6.54 Å². The number of thiazole rings is 1. The molecular weight excluding hydrogens is 220 g/mol. The topological polar surface area (TPSA) is 38.1 Å². The molecule has 0 aliphatic carbocycles. The number of anilines is 1. The van der Waals surface area contributed by atoms with Gasteiger partial charge in [-0.3, -0.25) is 0 Å². The van der Waals surface area contributed by atoms with Crippen molar-refractivity contribution in [3.05, 3.63) is 34.2 Å². The van der Waals surface area contributed by atoms with E-state index in [0.717, 1.165) is 16.7 Å². The van der Waals surface area contributed by atoms with Crippen LogP contribution in [0.2, 0.25) is 5.15 Å². The largest absolute Gasteiger partial charge is 0.465 e. The van der Waals surface area contributed by atoms with Crippen molar-refractivity contribution in [1.82, 2.24) is 4.98 Å². The summed E-state index contributed by atoms with van der Waals surface area (Å²) in [5, 5.41) is 6.24. The predicted octanol–water partition coefficient (Wildman–Crippen LogP) is 3.31.